The third kappa shape index (κ3) is 2.96. The van der Waals surface area contributed by atoms with E-state index in [9.17, 15) is 4.79 Å². The average molecular weight is 346 g/mol. The first-order valence-corrected chi connectivity index (χ1v) is 8.87. The number of carbonyl (C=O) groups is 1. The van der Waals surface area contributed by atoms with Gasteiger partial charge in [-0.3, -0.25) is 4.79 Å². The number of benzene rings is 2. The average Bonchev–Trinajstić information content (AvgIpc) is 3.19. The molecule has 2 aromatic carbocycles. The van der Waals surface area contributed by atoms with Crippen LogP contribution < -0.4 is 10.6 Å². The van der Waals surface area contributed by atoms with Crippen LogP contribution >= 0.6 is 0 Å². The van der Waals surface area contributed by atoms with E-state index in [1.165, 1.54) is 5.56 Å². The van der Waals surface area contributed by atoms with Gasteiger partial charge in [-0.2, -0.15) is 5.10 Å². The lowest BCUT2D eigenvalue weighted by Crippen LogP contribution is -2.41. The Kier molecular flexibility index (Phi) is 4.21. The number of hydrogen-bond donors (Lipinski definition) is 1. The number of carbonyl (C=O) groups excluding carboxylic acids is 1. The molecule has 0 bridgehead atoms. The highest BCUT2D eigenvalue weighted by molar-refractivity contribution is 5.85. The number of anilines is 1. The van der Waals surface area contributed by atoms with Gasteiger partial charge in [-0.15, -0.1) is 0 Å². The van der Waals surface area contributed by atoms with E-state index < -0.39 is 0 Å². The van der Waals surface area contributed by atoms with Gasteiger partial charge in [0.25, 0.3) is 0 Å². The van der Waals surface area contributed by atoms with Crippen LogP contribution in [0.25, 0.3) is 5.69 Å². The maximum Gasteiger partial charge on any atom is 0.225 e. The minimum absolute atomic E-state index is 0.209. The summed E-state index contributed by atoms with van der Waals surface area (Å²) in [5, 5.41) is 4.26. The molecule has 2 heterocycles. The Bertz CT molecular complexity index is 902. The molecule has 3 aromatic rings. The van der Waals surface area contributed by atoms with Crippen molar-refractivity contribution in [3.63, 3.8) is 0 Å². The summed E-state index contributed by atoms with van der Waals surface area (Å²) < 4.78 is 1.85. The van der Waals surface area contributed by atoms with Crippen LogP contribution in [0, 0.1) is 0 Å². The summed E-state index contributed by atoms with van der Waals surface area (Å²) in [6.07, 6.45) is 4.45. The summed E-state index contributed by atoms with van der Waals surface area (Å²) in [7, 11) is 0. The summed E-state index contributed by atoms with van der Waals surface area (Å²) in [6, 6.07) is 18.7. The second-order valence-electron chi connectivity index (χ2n) is 6.84. The fourth-order valence-corrected chi connectivity index (χ4v) is 3.76. The molecule has 1 aliphatic heterocycles. The quantitative estimate of drug-likeness (QED) is 0.789. The zero-order chi connectivity index (χ0) is 18.1. The Hall–Kier alpha value is -3.08. The second kappa shape index (κ2) is 6.67. The van der Waals surface area contributed by atoms with E-state index in [2.05, 4.69) is 47.3 Å². The number of hydrogen-bond acceptors (Lipinski definition) is 3. The van der Waals surface area contributed by atoms with Crippen molar-refractivity contribution in [2.45, 2.75) is 31.8 Å². The van der Waals surface area contributed by atoms with Crippen LogP contribution in [0.2, 0.25) is 0 Å². The molecular weight excluding hydrogens is 324 g/mol. The van der Waals surface area contributed by atoms with Gasteiger partial charge in [0.2, 0.25) is 5.91 Å². The number of nitrogens with two attached hydrogens (primary N) is 1. The zero-order valence-corrected chi connectivity index (χ0v) is 14.7. The van der Waals surface area contributed by atoms with Crippen LogP contribution in [0.4, 0.5) is 5.69 Å². The Balaban J connectivity index is 1.61. The second-order valence-corrected chi connectivity index (χ2v) is 6.84. The predicted octanol–water partition coefficient (Wildman–Crippen LogP) is 3.24. The number of primary amides is 1. The first kappa shape index (κ1) is 16.4. The molecule has 4 rings (SSSR count). The number of para-hydroxylation sites is 1. The third-order valence-electron chi connectivity index (χ3n) is 5.13. The van der Waals surface area contributed by atoms with E-state index >= 15 is 0 Å². The minimum atomic E-state index is -0.243. The number of fused-ring (bicyclic) bond motifs is 1. The molecule has 0 spiro atoms. The normalized spacial score (nSPS) is 19.2. The molecule has 0 radical (unpaired) electrons. The summed E-state index contributed by atoms with van der Waals surface area (Å²) in [6.45, 7) is 2.95. The molecule has 1 amide bonds. The topological polar surface area (TPSA) is 64.2 Å². The first-order valence-electron chi connectivity index (χ1n) is 8.87. The molecule has 1 aliphatic rings. The molecule has 0 unspecified atom stereocenters. The monoisotopic (exact) mass is 346 g/mol. The maximum atomic E-state index is 11.9. The first-order chi connectivity index (χ1) is 12.6. The number of rotatable bonds is 4. The van der Waals surface area contributed by atoms with Gasteiger partial charge in [0.05, 0.1) is 11.6 Å². The Morgan fingerprint density at radius 1 is 1.15 bits per heavy atom. The summed E-state index contributed by atoms with van der Waals surface area (Å²) >= 11 is 0. The summed E-state index contributed by atoms with van der Waals surface area (Å²) in [4.78, 5) is 14.2. The molecule has 5 heteroatoms. The highest BCUT2D eigenvalue weighted by atomic mass is 16.1. The van der Waals surface area contributed by atoms with Gasteiger partial charge >= 0.3 is 0 Å². The number of nitrogens with zero attached hydrogens (tertiary/aromatic N) is 3. The summed E-state index contributed by atoms with van der Waals surface area (Å²) in [5.41, 5.74) is 10.0. The molecule has 0 fully saturated rings. The van der Waals surface area contributed by atoms with E-state index in [1.54, 1.807) is 6.20 Å². The van der Waals surface area contributed by atoms with Gasteiger partial charge in [-0.25, -0.2) is 4.68 Å². The molecule has 132 valence electrons. The summed E-state index contributed by atoms with van der Waals surface area (Å²) in [5.74, 6) is -0.452. The molecule has 2 atom stereocenters. The third-order valence-corrected chi connectivity index (χ3v) is 5.13. The standard InChI is InChI=1S/C21H22N4O/c1-15-13-19(21(22)26)18-5-2-3-6-20(18)24(15)14-16-7-9-17(10-8-16)25-12-4-11-23-25/h2-12,15,19H,13-14H2,1H3,(H2,22,26)/t15-,19-/m1/s1. The fourth-order valence-electron chi connectivity index (χ4n) is 3.76. The maximum absolute atomic E-state index is 11.9. The van der Waals surface area contributed by atoms with Crippen LogP contribution in [0.3, 0.4) is 0 Å². The van der Waals surface area contributed by atoms with Crippen molar-refractivity contribution in [1.82, 2.24) is 9.78 Å². The van der Waals surface area contributed by atoms with Gasteiger partial charge < -0.3 is 10.6 Å². The van der Waals surface area contributed by atoms with Gasteiger partial charge in [-0.05, 0) is 48.7 Å². The van der Waals surface area contributed by atoms with E-state index in [4.69, 9.17) is 5.73 Å². The highest BCUT2D eigenvalue weighted by Crippen LogP contribution is 2.38. The smallest absolute Gasteiger partial charge is 0.225 e. The Morgan fingerprint density at radius 2 is 1.92 bits per heavy atom. The lowest BCUT2D eigenvalue weighted by molar-refractivity contribution is -0.119. The van der Waals surface area contributed by atoms with Crippen LogP contribution in [-0.2, 0) is 11.3 Å². The van der Waals surface area contributed by atoms with Crippen LogP contribution in [0.15, 0.2) is 67.0 Å². The van der Waals surface area contributed by atoms with Crippen molar-refractivity contribution in [3.05, 3.63) is 78.1 Å². The molecule has 5 nitrogen and oxygen atoms in total. The van der Waals surface area contributed by atoms with Crippen molar-refractivity contribution >= 4 is 11.6 Å². The van der Waals surface area contributed by atoms with Crippen molar-refractivity contribution in [2.24, 2.45) is 5.73 Å². The van der Waals surface area contributed by atoms with Gasteiger partial charge in [0.15, 0.2) is 0 Å². The lowest BCUT2D eigenvalue weighted by Gasteiger charge is -2.40. The van der Waals surface area contributed by atoms with Crippen LogP contribution in [0.1, 0.15) is 30.4 Å². The highest BCUT2D eigenvalue weighted by Gasteiger charge is 2.32. The van der Waals surface area contributed by atoms with Crippen molar-refractivity contribution in [3.8, 4) is 5.69 Å². The zero-order valence-electron chi connectivity index (χ0n) is 14.7. The SMILES string of the molecule is C[C@@H]1C[C@@H](C(N)=O)c2ccccc2N1Cc1ccc(-n2cccn2)cc1. The molecule has 0 saturated carbocycles. The molecule has 2 N–H and O–H groups in total. The fraction of sp³-hybridized carbons (Fsp3) is 0.238. The predicted molar refractivity (Wildman–Crippen MR) is 102 cm³/mol. The van der Waals surface area contributed by atoms with Gasteiger partial charge in [0.1, 0.15) is 0 Å². The van der Waals surface area contributed by atoms with E-state index in [0.717, 1.165) is 29.9 Å². The van der Waals surface area contributed by atoms with E-state index in [0.29, 0.717) is 0 Å². The lowest BCUT2D eigenvalue weighted by atomic mass is 9.85. The number of amides is 1. The molecule has 1 aromatic heterocycles. The molecule has 0 saturated heterocycles. The van der Waals surface area contributed by atoms with E-state index in [1.807, 2.05) is 35.1 Å². The molecular formula is C21H22N4O. The largest absolute Gasteiger partial charge is 0.369 e. The van der Waals surface area contributed by atoms with E-state index in [-0.39, 0.29) is 17.9 Å². The Morgan fingerprint density at radius 3 is 2.62 bits per heavy atom. The molecule has 26 heavy (non-hydrogen) atoms. The van der Waals surface area contributed by atoms with Gasteiger partial charge in [0, 0.05) is 30.7 Å². The number of aromatic nitrogens is 2. The van der Waals surface area contributed by atoms with Crippen molar-refractivity contribution in [1.29, 1.82) is 0 Å². The van der Waals surface area contributed by atoms with Crippen molar-refractivity contribution < 1.29 is 4.79 Å². The van der Waals surface area contributed by atoms with Crippen molar-refractivity contribution in [2.75, 3.05) is 4.90 Å². The van der Waals surface area contributed by atoms with Gasteiger partial charge in [-0.1, -0.05) is 30.3 Å². The molecule has 0 aliphatic carbocycles. The minimum Gasteiger partial charge on any atom is -0.369 e. The Labute approximate surface area is 153 Å². The van der Waals surface area contributed by atoms with Crippen LogP contribution in [-0.4, -0.2) is 21.7 Å². The van der Waals surface area contributed by atoms with Crippen LogP contribution in [0.5, 0.6) is 0 Å².